The number of likely N-dealkylation sites (tertiary alicyclic amines) is 1. The van der Waals surface area contributed by atoms with Gasteiger partial charge in [-0.25, -0.2) is 14.4 Å². The summed E-state index contributed by atoms with van der Waals surface area (Å²) < 4.78 is 23.6. The fourth-order valence-corrected chi connectivity index (χ4v) is 3.31. The Morgan fingerprint density at radius 2 is 1.97 bits per heavy atom. The molecule has 0 saturated carbocycles. The third-order valence-corrected chi connectivity index (χ3v) is 4.91. The summed E-state index contributed by atoms with van der Waals surface area (Å²) in [5, 5.41) is 3.32. The molecule has 1 aliphatic heterocycles. The van der Waals surface area contributed by atoms with E-state index in [2.05, 4.69) is 15.2 Å². The first-order valence-electron chi connectivity index (χ1n) is 10.1. The minimum atomic E-state index is -0.315. The van der Waals surface area contributed by atoms with Gasteiger partial charge >= 0.3 is 5.97 Å². The molecule has 0 bridgehead atoms. The van der Waals surface area contributed by atoms with Crippen molar-refractivity contribution in [3.05, 3.63) is 54.0 Å². The average molecular weight is 542 g/mol. The number of carbonyl (C=O) groups is 1. The first-order valence-corrected chi connectivity index (χ1v) is 10.1. The summed E-state index contributed by atoms with van der Waals surface area (Å²) in [4.78, 5) is 22.9. The maximum atomic E-state index is 13.0. The van der Waals surface area contributed by atoms with Crippen molar-refractivity contribution in [1.82, 2.24) is 15.2 Å². The van der Waals surface area contributed by atoms with Crippen molar-refractivity contribution in [1.29, 1.82) is 0 Å². The van der Waals surface area contributed by atoms with Crippen LogP contribution in [0.3, 0.4) is 0 Å². The summed E-state index contributed by atoms with van der Waals surface area (Å²) in [5.74, 6) is 1.27. The number of guanidine groups is 1. The van der Waals surface area contributed by atoms with Crippen LogP contribution in [0.1, 0.15) is 25.3 Å². The number of benzene rings is 1. The van der Waals surface area contributed by atoms with Gasteiger partial charge in [-0.1, -0.05) is 0 Å². The fraction of sp³-hybridized carbons (Fsp3) is 0.409. The summed E-state index contributed by atoms with van der Waals surface area (Å²) >= 11 is 0. The van der Waals surface area contributed by atoms with Crippen molar-refractivity contribution in [3.63, 3.8) is 0 Å². The highest BCUT2D eigenvalue weighted by Crippen LogP contribution is 2.21. The maximum Gasteiger partial charge on any atom is 0.308 e. The first kappa shape index (κ1) is 24.8. The molecular weight excluding hydrogens is 514 g/mol. The quantitative estimate of drug-likeness (QED) is 0.258. The molecule has 2 aromatic rings. The zero-order valence-corrected chi connectivity index (χ0v) is 20.0. The van der Waals surface area contributed by atoms with Gasteiger partial charge in [-0.3, -0.25) is 4.79 Å². The van der Waals surface area contributed by atoms with E-state index in [1.54, 1.807) is 18.3 Å². The number of aliphatic imine (C=N–C) groups is 1. The molecule has 168 valence electrons. The third kappa shape index (κ3) is 7.34. The third-order valence-electron chi connectivity index (χ3n) is 4.91. The number of ether oxygens (including phenoxy) is 2. The van der Waals surface area contributed by atoms with E-state index < -0.39 is 0 Å². The van der Waals surface area contributed by atoms with E-state index in [0.717, 1.165) is 44.0 Å². The number of aromatic nitrogens is 1. The van der Waals surface area contributed by atoms with Crippen LogP contribution < -0.4 is 10.1 Å². The second kappa shape index (κ2) is 12.4. The molecule has 0 radical (unpaired) electrons. The van der Waals surface area contributed by atoms with Crippen LogP contribution in [-0.2, 0) is 16.1 Å². The number of halogens is 2. The van der Waals surface area contributed by atoms with E-state index in [0.29, 0.717) is 18.2 Å². The van der Waals surface area contributed by atoms with Crippen molar-refractivity contribution in [3.8, 4) is 11.6 Å². The van der Waals surface area contributed by atoms with Crippen molar-refractivity contribution < 1.29 is 18.7 Å². The van der Waals surface area contributed by atoms with Gasteiger partial charge in [-0.05, 0) is 55.7 Å². The summed E-state index contributed by atoms with van der Waals surface area (Å²) in [6, 6.07) is 9.51. The molecule has 1 fully saturated rings. The van der Waals surface area contributed by atoms with E-state index in [1.807, 2.05) is 19.1 Å². The van der Waals surface area contributed by atoms with Crippen LogP contribution in [0.2, 0.25) is 0 Å². The lowest BCUT2D eigenvalue weighted by Gasteiger charge is -2.33. The second-order valence-corrected chi connectivity index (χ2v) is 7.01. The Morgan fingerprint density at radius 3 is 2.61 bits per heavy atom. The minimum Gasteiger partial charge on any atom is -0.469 e. The van der Waals surface area contributed by atoms with Gasteiger partial charge in [0.15, 0.2) is 5.96 Å². The number of esters is 1. The zero-order valence-electron chi connectivity index (χ0n) is 17.7. The van der Waals surface area contributed by atoms with E-state index in [-0.39, 0.29) is 41.7 Å². The highest BCUT2D eigenvalue weighted by Gasteiger charge is 2.26. The van der Waals surface area contributed by atoms with E-state index in [9.17, 15) is 9.18 Å². The highest BCUT2D eigenvalue weighted by molar-refractivity contribution is 14.0. The van der Waals surface area contributed by atoms with Gasteiger partial charge in [-0.15, -0.1) is 24.0 Å². The Labute approximate surface area is 199 Å². The molecule has 9 heteroatoms. The monoisotopic (exact) mass is 542 g/mol. The number of rotatable bonds is 6. The Kier molecular flexibility index (Phi) is 9.96. The van der Waals surface area contributed by atoms with Crippen LogP contribution in [0.25, 0.3) is 0 Å². The largest absolute Gasteiger partial charge is 0.469 e. The summed E-state index contributed by atoms with van der Waals surface area (Å²) in [6.07, 6.45) is 3.17. The van der Waals surface area contributed by atoms with Crippen molar-refractivity contribution in [2.45, 2.75) is 26.3 Å². The minimum absolute atomic E-state index is 0. The van der Waals surface area contributed by atoms with Crippen molar-refractivity contribution in [2.24, 2.45) is 10.9 Å². The Bertz CT molecular complexity index is 871. The molecule has 1 aliphatic rings. The predicted molar refractivity (Wildman–Crippen MR) is 127 cm³/mol. The SMILES string of the molecule is CCNC(=NCc1ccnc(Oc2ccc(F)cc2)c1)N1CCC(C(=O)OC)CC1.I. The van der Waals surface area contributed by atoms with E-state index in [4.69, 9.17) is 14.5 Å². The summed E-state index contributed by atoms with van der Waals surface area (Å²) in [7, 11) is 1.43. The number of hydrogen-bond donors (Lipinski definition) is 1. The summed E-state index contributed by atoms with van der Waals surface area (Å²) in [6.45, 7) is 4.74. The van der Waals surface area contributed by atoms with Crippen LogP contribution in [0.5, 0.6) is 11.6 Å². The lowest BCUT2D eigenvalue weighted by atomic mass is 9.97. The van der Waals surface area contributed by atoms with Crippen LogP contribution in [0.4, 0.5) is 4.39 Å². The zero-order chi connectivity index (χ0) is 21.3. The molecule has 0 atom stereocenters. The molecule has 1 aromatic heterocycles. The van der Waals surface area contributed by atoms with Gasteiger partial charge in [-0.2, -0.15) is 0 Å². The van der Waals surface area contributed by atoms with Crippen molar-refractivity contribution in [2.75, 3.05) is 26.7 Å². The van der Waals surface area contributed by atoms with Gasteiger partial charge < -0.3 is 19.7 Å². The fourth-order valence-electron chi connectivity index (χ4n) is 3.31. The number of carbonyl (C=O) groups excluding carboxylic acids is 1. The molecule has 0 spiro atoms. The average Bonchev–Trinajstić information content (AvgIpc) is 2.78. The van der Waals surface area contributed by atoms with Crippen LogP contribution in [0, 0.1) is 11.7 Å². The second-order valence-electron chi connectivity index (χ2n) is 7.01. The van der Waals surface area contributed by atoms with Crippen molar-refractivity contribution >= 4 is 35.9 Å². The lowest BCUT2D eigenvalue weighted by Crippen LogP contribution is -2.46. The number of methoxy groups -OCH3 is 1. The highest BCUT2D eigenvalue weighted by atomic mass is 127. The molecular formula is C22H28FIN4O3. The smallest absolute Gasteiger partial charge is 0.308 e. The molecule has 1 N–H and O–H groups in total. The molecule has 0 aliphatic carbocycles. The standard InChI is InChI=1S/C22H27FN4O3.HI/c1-3-24-22(27-12-9-17(10-13-27)21(28)29-2)26-15-16-8-11-25-20(14-16)30-19-6-4-18(23)5-7-19;/h4-8,11,14,17H,3,9-10,12-13,15H2,1-2H3,(H,24,26);1H. The first-order chi connectivity index (χ1) is 14.6. The normalized spacial score (nSPS) is 14.5. The number of hydrogen-bond acceptors (Lipinski definition) is 5. The Hall–Kier alpha value is -2.43. The van der Waals surface area contributed by atoms with Gasteiger partial charge in [0, 0.05) is 31.9 Å². The molecule has 1 aromatic carbocycles. The molecule has 1 saturated heterocycles. The Morgan fingerprint density at radius 1 is 1.26 bits per heavy atom. The molecule has 0 amide bonds. The lowest BCUT2D eigenvalue weighted by molar-refractivity contribution is -0.146. The topological polar surface area (TPSA) is 76.1 Å². The van der Waals surface area contributed by atoms with Crippen LogP contribution >= 0.6 is 24.0 Å². The van der Waals surface area contributed by atoms with E-state index in [1.165, 1.54) is 19.2 Å². The molecule has 0 unspecified atom stereocenters. The van der Waals surface area contributed by atoms with Crippen LogP contribution in [-0.4, -0.2) is 48.6 Å². The molecule has 31 heavy (non-hydrogen) atoms. The van der Waals surface area contributed by atoms with E-state index >= 15 is 0 Å². The number of piperidine rings is 1. The van der Waals surface area contributed by atoms with Gasteiger partial charge in [0.1, 0.15) is 11.6 Å². The van der Waals surface area contributed by atoms with Gasteiger partial charge in [0.05, 0.1) is 19.6 Å². The predicted octanol–water partition coefficient (Wildman–Crippen LogP) is 3.98. The Balaban J connectivity index is 0.00000341. The number of pyridine rings is 1. The molecule has 2 heterocycles. The molecule has 3 rings (SSSR count). The maximum absolute atomic E-state index is 13.0. The van der Waals surface area contributed by atoms with Gasteiger partial charge in [0.25, 0.3) is 0 Å². The van der Waals surface area contributed by atoms with Gasteiger partial charge in [0.2, 0.25) is 5.88 Å². The van der Waals surface area contributed by atoms with Crippen LogP contribution in [0.15, 0.2) is 47.6 Å². The molecule has 7 nitrogen and oxygen atoms in total. The summed E-state index contributed by atoms with van der Waals surface area (Å²) in [5.41, 5.74) is 0.946. The number of nitrogens with zero attached hydrogens (tertiary/aromatic N) is 3. The number of nitrogens with one attached hydrogen (secondary N) is 1.